The van der Waals surface area contributed by atoms with Crippen molar-refractivity contribution in [3.05, 3.63) is 51.6 Å². The smallest absolute Gasteiger partial charge is 0.294 e. The standard InChI is InChI=1S/C14H15ClN4O2/c15-11-1-2-13(14(7-11)19(20)21)18-5-3-10(4-6-18)12-8-16-9-17-12/h1-2,7-10H,3-6H2,(H,16,17). The van der Waals surface area contributed by atoms with Crippen LogP contribution in [0.15, 0.2) is 30.7 Å². The van der Waals surface area contributed by atoms with Gasteiger partial charge in [-0.1, -0.05) is 11.6 Å². The van der Waals surface area contributed by atoms with Gasteiger partial charge in [-0.3, -0.25) is 10.1 Å². The summed E-state index contributed by atoms with van der Waals surface area (Å²) in [6, 6.07) is 4.85. The van der Waals surface area contributed by atoms with Gasteiger partial charge in [0.05, 0.1) is 11.3 Å². The first-order valence-electron chi connectivity index (χ1n) is 6.82. The second kappa shape index (κ2) is 5.73. The topological polar surface area (TPSA) is 75.1 Å². The summed E-state index contributed by atoms with van der Waals surface area (Å²) >= 11 is 5.86. The monoisotopic (exact) mass is 306 g/mol. The van der Waals surface area contributed by atoms with Gasteiger partial charge in [0.25, 0.3) is 5.69 Å². The molecule has 0 atom stereocenters. The van der Waals surface area contributed by atoms with Crippen molar-refractivity contribution in [2.24, 2.45) is 0 Å². The fraction of sp³-hybridized carbons (Fsp3) is 0.357. The van der Waals surface area contributed by atoms with E-state index in [4.69, 9.17) is 11.6 Å². The third-order valence-corrected chi connectivity index (χ3v) is 4.16. The number of anilines is 1. The van der Waals surface area contributed by atoms with E-state index in [0.717, 1.165) is 31.6 Å². The number of benzene rings is 1. The molecule has 1 aromatic carbocycles. The number of H-pyrrole nitrogens is 1. The molecule has 3 rings (SSSR count). The molecule has 1 fully saturated rings. The molecule has 1 saturated heterocycles. The lowest BCUT2D eigenvalue weighted by molar-refractivity contribution is -0.384. The summed E-state index contributed by atoms with van der Waals surface area (Å²) in [5, 5.41) is 11.6. The summed E-state index contributed by atoms with van der Waals surface area (Å²) in [4.78, 5) is 20.1. The second-order valence-electron chi connectivity index (χ2n) is 5.16. The maximum absolute atomic E-state index is 11.2. The number of hydrogen-bond donors (Lipinski definition) is 1. The van der Waals surface area contributed by atoms with Crippen molar-refractivity contribution in [1.82, 2.24) is 9.97 Å². The molecule has 0 bridgehead atoms. The van der Waals surface area contributed by atoms with Gasteiger partial charge in [-0.05, 0) is 25.0 Å². The zero-order chi connectivity index (χ0) is 14.8. The third-order valence-electron chi connectivity index (χ3n) is 3.93. The summed E-state index contributed by atoms with van der Waals surface area (Å²) in [6.45, 7) is 1.57. The number of halogens is 1. The lowest BCUT2D eigenvalue weighted by Crippen LogP contribution is -2.33. The Morgan fingerprint density at radius 3 is 2.76 bits per heavy atom. The van der Waals surface area contributed by atoms with Gasteiger partial charge in [0.15, 0.2) is 0 Å². The molecule has 0 amide bonds. The number of aromatic nitrogens is 2. The summed E-state index contributed by atoms with van der Waals surface area (Å²) in [7, 11) is 0. The molecule has 0 radical (unpaired) electrons. The second-order valence-corrected chi connectivity index (χ2v) is 5.59. The van der Waals surface area contributed by atoms with Gasteiger partial charge < -0.3 is 9.88 Å². The third kappa shape index (κ3) is 2.85. The molecule has 2 aromatic rings. The molecule has 1 aliphatic heterocycles. The van der Waals surface area contributed by atoms with Crippen molar-refractivity contribution in [3.63, 3.8) is 0 Å². The van der Waals surface area contributed by atoms with Crippen LogP contribution in [0.25, 0.3) is 0 Å². The van der Waals surface area contributed by atoms with E-state index in [1.165, 1.54) is 6.07 Å². The van der Waals surface area contributed by atoms with Gasteiger partial charge in [-0.15, -0.1) is 0 Å². The molecule has 2 heterocycles. The number of piperidine rings is 1. The molecular formula is C14H15ClN4O2. The minimum atomic E-state index is -0.373. The highest BCUT2D eigenvalue weighted by molar-refractivity contribution is 6.30. The number of imidazole rings is 1. The summed E-state index contributed by atoms with van der Waals surface area (Å²) < 4.78 is 0. The normalized spacial score (nSPS) is 16.1. The average Bonchev–Trinajstić information content (AvgIpc) is 3.01. The van der Waals surface area contributed by atoms with Crippen LogP contribution in [-0.2, 0) is 0 Å². The number of hydrogen-bond acceptors (Lipinski definition) is 4. The van der Waals surface area contributed by atoms with E-state index >= 15 is 0 Å². The van der Waals surface area contributed by atoms with Gasteiger partial charge in [-0.2, -0.15) is 0 Å². The molecule has 1 aliphatic rings. The number of nitro groups is 1. The van der Waals surface area contributed by atoms with E-state index in [1.807, 2.05) is 6.20 Å². The molecule has 0 unspecified atom stereocenters. The minimum absolute atomic E-state index is 0.0718. The Hall–Kier alpha value is -2.08. The van der Waals surface area contributed by atoms with Crippen molar-refractivity contribution >= 4 is 23.0 Å². The first kappa shape index (κ1) is 13.9. The molecule has 110 valence electrons. The average molecular weight is 307 g/mol. The predicted octanol–water partition coefficient (Wildman–Crippen LogP) is 3.36. The largest absolute Gasteiger partial charge is 0.366 e. The van der Waals surface area contributed by atoms with Gasteiger partial charge in [0, 0.05) is 42.0 Å². The quantitative estimate of drug-likeness (QED) is 0.697. The van der Waals surface area contributed by atoms with Crippen LogP contribution < -0.4 is 4.90 Å². The Kier molecular flexibility index (Phi) is 3.79. The number of rotatable bonds is 3. The fourth-order valence-electron chi connectivity index (χ4n) is 2.83. The van der Waals surface area contributed by atoms with Crippen LogP contribution in [0.2, 0.25) is 5.02 Å². The fourth-order valence-corrected chi connectivity index (χ4v) is 3.00. The van der Waals surface area contributed by atoms with Crippen LogP contribution in [0.4, 0.5) is 11.4 Å². The highest BCUT2D eigenvalue weighted by atomic mass is 35.5. The van der Waals surface area contributed by atoms with E-state index < -0.39 is 0 Å². The Labute approximate surface area is 126 Å². The Balaban J connectivity index is 1.76. The summed E-state index contributed by atoms with van der Waals surface area (Å²) in [5.74, 6) is 0.440. The van der Waals surface area contributed by atoms with E-state index in [1.54, 1.807) is 18.5 Å². The molecular weight excluding hydrogens is 292 g/mol. The number of nitro benzene ring substituents is 1. The minimum Gasteiger partial charge on any atom is -0.366 e. The Morgan fingerprint density at radius 2 is 2.14 bits per heavy atom. The van der Waals surface area contributed by atoms with Crippen molar-refractivity contribution in [1.29, 1.82) is 0 Å². The molecule has 7 heteroatoms. The van der Waals surface area contributed by atoms with Crippen molar-refractivity contribution < 1.29 is 4.92 Å². The van der Waals surface area contributed by atoms with Crippen LogP contribution in [0.5, 0.6) is 0 Å². The van der Waals surface area contributed by atoms with E-state index in [9.17, 15) is 10.1 Å². The highest BCUT2D eigenvalue weighted by Crippen LogP contribution is 2.35. The van der Waals surface area contributed by atoms with Gasteiger partial charge >= 0.3 is 0 Å². The van der Waals surface area contributed by atoms with Crippen molar-refractivity contribution in [3.8, 4) is 0 Å². The maximum Gasteiger partial charge on any atom is 0.294 e. The lowest BCUT2D eigenvalue weighted by atomic mass is 9.93. The number of nitrogens with one attached hydrogen (secondary N) is 1. The predicted molar refractivity (Wildman–Crippen MR) is 80.9 cm³/mol. The van der Waals surface area contributed by atoms with Crippen LogP contribution in [0.1, 0.15) is 24.5 Å². The van der Waals surface area contributed by atoms with Crippen LogP contribution in [0.3, 0.4) is 0 Å². The Bertz CT molecular complexity index is 636. The summed E-state index contributed by atoms with van der Waals surface area (Å²) in [5.41, 5.74) is 1.86. The number of aromatic amines is 1. The SMILES string of the molecule is O=[N+]([O-])c1cc(Cl)ccc1N1CCC(c2cnc[nH]2)CC1. The van der Waals surface area contributed by atoms with Crippen molar-refractivity contribution in [2.75, 3.05) is 18.0 Å². The Morgan fingerprint density at radius 1 is 1.38 bits per heavy atom. The first-order chi connectivity index (χ1) is 10.1. The zero-order valence-electron chi connectivity index (χ0n) is 11.3. The van der Waals surface area contributed by atoms with Gasteiger partial charge in [0.2, 0.25) is 0 Å². The van der Waals surface area contributed by atoms with Crippen molar-refractivity contribution in [2.45, 2.75) is 18.8 Å². The zero-order valence-corrected chi connectivity index (χ0v) is 12.1. The van der Waals surface area contributed by atoms with E-state index in [2.05, 4.69) is 14.9 Å². The molecule has 1 N–H and O–H groups in total. The van der Waals surface area contributed by atoms with Gasteiger partial charge in [0.1, 0.15) is 5.69 Å². The van der Waals surface area contributed by atoms with E-state index in [0.29, 0.717) is 16.6 Å². The van der Waals surface area contributed by atoms with Crippen LogP contribution in [0, 0.1) is 10.1 Å². The number of nitrogens with zero attached hydrogens (tertiary/aromatic N) is 3. The lowest BCUT2D eigenvalue weighted by Gasteiger charge is -2.32. The molecule has 0 saturated carbocycles. The molecule has 6 nitrogen and oxygen atoms in total. The highest BCUT2D eigenvalue weighted by Gasteiger charge is 2.26. The molecule has 21 heavy (non-hydrogen) atoms. The molecule has 1 aromatic heterocycles. The first-order valence-corrected chi connectivity index (χ1v) is 7.20. The van der Waals surface area contributed by atoms with Crippen LogP contribution in [-0.4, -0.2) is 28.0 Å². The van der Waals surface area contributed by atoms with Crippen LogP contribution >= 0.6 is 11.6 Å². The van der Waals surface area contributed by atoms with E-state index in [-0.39, 0.29) is 10.6 Å². The summed E-state index contributed by atoms with van der Waals surface area (Å²) in [6.07, 6.45) is 5.43. The maximum atomic E-state index is 11.2. The molecule has 0 aliphatic carbocycles. The molecule has 0 spiro atoms. The van der Waals surface area contributed by atoms with Gasteiger partial charge in [-0.25, -0.2) is 4.98 Å².